The molecule has 150 valence electrons. The van der Waals surface area contributed by atoms with Crippen LogP contribution < -0.4 is 20.1 Å². The summed E-state index contributed by atoms with van der Waals surface area (Å²) in [6.07, 6.45) is 0.948. The SMILES string of the molecule is COc1ccc(OC)c(CCNC(=O)CNC(=O)CC(C)c2ccccc2)c1. The Morgan fingerprint density at radius 3 is 2.39 bits per heavy atom. The van der Waals surface area contributed by atoms with Gasteiger partial charge in [0.15, 0.2) is 0 Å². The molecule has 0 radical (unpaired) electrons. The van der Waals surface area contributed by atoms with E-state index in [1.807, 2.05) is 55.5 Å². The molecule has 0 saturated heterocycles. The van der Waals surface area contributed by atoms with Gasteiger partial charge in [-0.05, 0) is 41.7 Å². The molecule has 0 bridgehead atoms. The van der Waals surface area contributed by atoms with Gasteiger partial charge in [-0.1, -0.05) is 37.3 Å². The predicted molar refractivity (Wildman–Crippen MR) is 109 cm³/mol. The number of hydrogen-bond acceptors (Lipinski definition) is 4. The van der Waals surface area contributed by atoms with Crippen LogP contribution in [0.15, 0.2) is 48.5 Å². The summed E-state index contributed by atoms with van der Waals surface area (Å²) in [6, 6.07) is 15.4. The molecule has 0 heterocycles. The molecule has 28 heavy (non-hydrogen) atoms. The molecule has 1 unspecified atom stereocenters. The Labute approximate surface area is 166 Å². The summed E-state index contributed by atoms with van der Waals surface area (Å²) in [4.78, 5) is 24.0. The van der Waals surface area contributed by atoms with Crippen LogP contribution in [-0.2, 0) is 16.0 Å². The third-order valence-corrected chi connectivity index (χ3v) is 4.51. The van der Waals surface area contributed by atoms with Crippen LogP contribution >= 0.6 is 0 Å². The number of hydrogen-bond donors (Lipinski definition) is 2. The Balaban J connectivity index is 1.72. The fourth-order valence-electron chi connectivity index (χ4n) is 2.90. The van der Waals surface area contributed by atoms with Gasteiger partial charge in [-0.2, -0.15) is 0 Å². The highest BCUT2D eigenvalue weighted by Crippen LogP contribution is 2.24. The highest BCUT2D eigenvalue weighted by molar-refractivity contribution is 5.84. The summed E-state index contributed by atoms with van der Waals surface area (Å²) in [5.74, 6) is 1.23. The highest BCUT2D eigenvalue weighted by atomic mass is 16.5. The van der Waals surface area contributed by atoms with Crippen LogP contribution in [0, 0.1) is 0 Å². The van der Waals surface area contributed by atoms with Crippen molar-refractivity contribution in [1.29, 1.82) is 0 Å². The molecule has 6 heteroatoms. The molecule has 0 aliphatic heterocycles. The number of carbonyl (C=O) groups is 2. The van der Waals surface area contributed by atoms with Gasteiger partial charge in [-0.25, -0.2) is 0 Å². The maximum Gasteiger partial charge on any atom is 0.239 e. The second-order valence-electron chi connectivity index (χ2n) is 6.57. The van der Waals surface area contributed by atoms with Crippen LogP contribution in [0.2, 0.25) is 0 Å². The molecule has 2 rings (SSSR count). The van der Waals surface area contributed by atoms with Gasteiger partial charge in [0.2, 0.25) is 11.8 Å². The molecule has 0 fully saturated rings. The first-order valence-electron chi connectivity index (χ1n) is 9.32. The van der Waals surface area contributed by atoms with Crippen LogP contribution in [0.4, 0.5) is 0 Å². The molecule has 0 aromatic heterocycles. The fraction of sp³-hybridized carbons (Fsp3) is 0.364. The second-order valence-corrected chi connectivity index (χ2v) is 6.57. The van der Waals surface area contributed by atoms with Crippen LogP contribution in [0.25, 0.3) is 0 Å². The van der Waals surface area contributed by atoms with E-state index in [2.05, 4.69) is 10.6 Å². The minimum Gasteiger partial charge on any atom is -0.497 e. The first-order valence-corrected chi connectivity index (χ1v) is 9.32. The maximum absolute atomic E-state index is 12.1. The topological polar surface area (TPSA) is 76.7 Å². The lowest BCUT2D eigenvalue weighted by molar-refractivity contribution is -0.126. The number of amides is 2. The molecule has 0 spiro atoms. The zero-order valence-corrected chi connectivity index (χ0v) is 16.7. The molecule has 6 nitrogen and oxygen atoms in total. The number of nitrogens with one attached hydrogen (secondary N) is 2. The monoisotopic (exact) mass is 384 g/mol. The van der Waals surface area contributed by atoms with Crippen molar-refractivity contribution in [3.05, 3.63) is 59.7 Å². The van der Waals surface area contributed by atoms with Crippen molar-refractivity contribution in [3.8, 4) is 11.5 Å². The van der Waals surface area contributed by atoms with Gasteiger partial charge in [-0.3, -0.25) is 9.59 Å². The van der Waals surface area contributed by atoms with Gasteiger partial charge in [0.1, 0.15) is 11.5 Å². The van der Waals surface area contributed by atoms with Gasteiger partial charge < -0.3 is 20.1 Å². The van der Waals surface area contributed by atoms with E-state index in [1.165, 1.54) is 0 Å². The fourth-order valence-corrected chi connectivity index (χ4v) is 2.90. The van der Waals surface area contributed by atoms with Crippen molar-refractivity contribution in [2.75, 3.05) is 27.3 Å². The average Bonchev–Trinajstić information content (AvgIpc) is 2.72. The third kappa shape index (κ3) is 6.61. The van der Waals surface area contributed by atoms with E-state index < -0.39 is 0 Å². The van der Waals surface area contributed by atoms with Crippen molar-refractivity contribution in [2.45, 2.75) is 25.7 Å². The highest BCUT2D eigenvalue weighted by Gasteiger charge is 2.12. The van der Waals surface area contributed by atoms with E-state index in [0.717, 1.165) is 22.6 Å². The molecule has 2 N–H and O–H groups in total. The third-order valence-electron chi connectivity index (χ3n) is 4.51. The van der Waals surface area contributed by atoms with Crippen molar-refractivity contribution < 1.29 is 19.1 Å². The van der Waals surface area contributed by atoms with Gasteiger partial charge in [0.25, 0.3) is 0 Å². The zero-order valence-electron chi connectivity index (χ0n) is 16.7. The summed E-state index contributed by atoms with van der Waals surface area (Å²) in [5, 5.41) is 5.49. The van der Waals surface area contributed by atoms with Crippen molar-refractivity contribution in [2.24, 2.45) is 0 Å². The number of carbonyl (C=O) groups excluding carboxylic acids is 2. The van der Waals surface area contributed by atoms with Gasteiger partial charge in [0, 0.05) is 13.0 Å². The van der Waals surface area contributed by atoms with Crippen molar-refractivity contribution in [1.82, 2.24) is 10.6 Å². The van der Waals surface area contributed by atoms with Gasteiger partial charge in [-0.15, -0.1) is 0 Å². The van der Waals surface area contributed by atoms with Crippen molar-refractivity contribution >= 4 is 11.8 Å². The summed E-state index contributed by atoms with van der Waals surface area (Å²) in [5.41, 5.74) is 2.05. The summed E-state index contributed by atoms with van der Waals surface area (Å²) < 4.78 is 10.5. The maximum atomic E-state index is 12.1. The van der Waals surface area contributed by atoms with E-state index in [0.29, 0.717) is 19.4 Å². The lowest BCUT2D eigenvalue weighted by Gasteiger charge is -2.13. The Kier molecular flexibility index (Phi) is 8.34. The first-order chi connectivity index (χ1) is 13.5. The first kappa shape index (κ1) is 21.3. The van der Waals surface area contributed by atoms with Crippen LogP contribution in [0.5, 0.6) is 11.5 Å². The van der Waals surface area contributed by atoms with E-state index in [4.69, 9.17) is 9.47 Å². The summed E-state index contributed by atoms with van der Waals surface area (Å²) in [6.45, 7) is 2.41. The van der Waals surface area contributed by atoms with E-state index in [1.54, 1.807) is 14.2 Å². The second kappa shape index (κ2) is 11.0. The minimum atomic E-state index is -0.220. The molecular formula is C22H28N2O4. The Morgan fingerprint density at radius 1 is 0.964 bits per heavy atom. The molecule has 2 aromatic carbocycles. The Morgan fingerprint density at radius 2 is 1.71 bits per heavy atom. The molecule has 2 aromatic rings. The van der Waals surface area contributed by atoms with E-state index >= 15 is 0 Å². The van der Waals surface area contributed by atoms with Crippen LogP contribution in [0.3, 0.4) is 0 Å². The minimum absolute atomic E-state index is 0.0322. The molecule has 0 aliphatic rings. The van der Waals surface area contributed by atoms with E-state index in [9.17, 15) is 9.59 Å². The lowest BCUT2D eigenvalue weighted by atomic mass is 9.98. The zero-order chi connectivity index (χ0) is 20.4. The number of ether oxygens (including phenoxy) is 2. The van der Waals surface area contributed by atoms with Crippen LogP contribution in [0.1, 0.15) is 30.4 Å². The van der Waals surface area contributed by atoms with Crippen LogP contribution in [-0.4, -0.2) is 39.1 Å². The van der Waals surface area contributed by atoms with E-state index in [-0.39, 0.29) is 24.3 Å². The number of benzene rings is 2. The number of methoxy groups -OCH3 is 2. The largest absolute Gasteiger partial charge is 0.497 e. The average molecular weight is 384 g/mol. The standard InChI is InChI=1S/C22H28N2O4/c1-16(17-7-5-4-6-8-17)13-21(25)24-15-22(26)23-12-11-18-14-19(27-2)9-10-20(18)28-3/h4-10,14,16H,11-13,15H2,1-3H3,(H,23,26)(H,24,25). The Bertz CT molecular complexity index is 777. The normalized spacial score (nSPS) is 11.4. The molecule has 2 amide bonds. The number of rotatable bonds is 10. The van der Waals surface area contributed by atoms with Crippen molar-refractivity contribution in [3.63, 3.8) is 0 Å². The molecule has 0 saturated carbocycles. The molecular weight excluding hydrogens is 356 g/mol. The molecule has 0 aliphatic carbocycles. The Hall–Kier alpha value is -3.02. The summed E-state index contributed by atoms with van der Waals surface area (Å²) in [7, 11) is 3.21. The summed E-state index contributed by atoms with van der Waals surface area (Å²) >= 11 is 0. The predicted octanol–water partition coefficient (Wildman–Crippen LogP) is 2.67. The smallest absolute Gasteiger partial charge is 0.239 e. The van der Waals surface area contributed by atoms with Gasteiger partial charge in [0.05, 0.1) is 20.8 Å². The quantitative estimate of drug-likeness (QED) is 0.660. The van der Waals surface area contributed by atoms with Gasteiger partial charge >= 0.3 is 0 Å². The molecule has 1 atom stereocenters. The lowest BCUT2D eigenvalue weighted by Crippen LogP contribution is -2.38.